The minimum Gasteiger partial charge on any atom is -0.378 e. The van der Waals surface area contributed by atoms with E-state index in [9.17, 15) is 0 Å². The maximum atomic E-state index is 2.33. The molecule has 0 amide bonds. The van der Waals surface area contributed by atoms with Gasteiger partial charge in [-0.05, 0) is 63.7 Å². The van der Waals surface area contributed by atoms with E-state index in [4.69, 9.17) is 0 Å². The van der Waals surface area contributed by atoms with Gasteiger partial charge in [0.2, 0.25) is 0 Å². The fraction of sp³-hybridized carbons (Fsp3) is 0.154. The summed E-state index contributed by atoms with van der Waals surface area (Å²) in [5.41, 5.74) is 10.1. The third kappa shape index (κ3) is 3.34. The molecule has 0 aliphatic heterocycles. The maximum absolute atomic E-state index is 2.33. The molecule has 2 aliphatic carbocycles. The first-order valence-electron chi connectivity index (χ1n) is 9.62. The molecule has 0 heterocycles. The molecule has 2 heteroatoms. The van der Waals surface area contributed by atoms with E-state index in [1.807, 2.05) is 0 Å². The summed E-state index contributed by atoms with van der Waals surface area (Å²) in [4.78, 5) is 4.26. The van der Waals surface area contributed by atoms with Gasteiger partial charge in [-0.2, -0.15) is 0 Å². The molecule has 0 radical (unpaired) electrons. The molecule has 140 valence electrons. The summed E-state index contributed by atoms with van der Waals surface area (Å²) in [6, 6.07) is 30.7. The molecule has 4 rings (SSSR count). The Hall–Kier alpha value is -3.26. The van der Waals surface area contributed by atoms with Crippen LogP contribution in [0.2, 0.25) is 0 Å². The van der Waals surface area contributed by atoms with Gasteiger partial charge in [0.05, 0.1) is 0 Å². The number of anilines is 2. The van der Waals surface area contributed by atoms with Gasteiger partial charge in [-0.3, -0.25) is 0 Å². The number of hydrogen-bond acceptors (Lipinski definition) is 2. The van der Waals surface area contributed by atoms with Crippen LogP contribution in [0.25, 0.3) is 33.4 Å². The SMILES string of the molecule is CN(C)c1ccc(-c2cc(-c3ccc(N(C)C)cc3)c3cccccc2-3)cc1. The van der Waals surface area contributed by atoms with Crippen molar-refractivity contribution in [3.8, 4) is 33.4 Å². The Morgan fingerprint density at radius 2 is 0.821 bits per heavy atom. The largest absolute Gasteiger partial charge is 0.378 e. The third-order valence-corrected chi connectivity index (χ3v) is 5.30. The second-order valence-electron chi connectivity index (χ2n) is 7.59. The summed E-state index contributed by atoms with van der Waals surface area (Å²) < 4.78 is 0. The number of benzene rings is 2. The fourth-order valence-electron chi connectivity index (χ4n) is 3.67. The summed E-state index contributed by atoms with van der Waals surface area (Å²) in [7, 11) is 8.29. The molecular formula is C26H26N2. The Morgan fingerprint density at radius 3 is 1.18 bits per heavy atom. The van der Waals surface area contributed by atoms with Crippen LogP contribution in [-0.4, -0.2) is 28.2 Å². The summed E-state index contributed by atoms with van der Waals surface area (Å²) in [5, 5.41) is 0. The predicted octanol–water partition coefficient (Wildman–Crippen LogP) is 6.26. The molecule has 0 unspecified atom stereocenters. The summed E-state index contributed by atoms with van der Waals surface area (Å²) >= 11 is 0. The van der Waals surface area contributed by atoms with E-state index in [-0.39, 0.29) is 0 Å². The lowest BCUT2D eigenvalue weighted by atomic mass is 10.0. The summed E-state index contributed by atoms with van der Waals surface area (Å²) in [6.45, 7) is 0. The van der Waals surface area contributed by atoms with Crippen molar-refractivity contribution in [2.24, 2.45) is 0 Å². The van der Waals surface area contributed by atoms with Crippen LogP contribution < -0.4 is 9.80 Å². The zero-order chi connectivity index (χ0) is 19.7. The molecule has 28 heavy (non-hydrogen) atoms. The number of hydrogen-bond donors (Lipinski definition) is 0. The molecule has 0 N–H and O–H groups in total. The summed E-state index contributed by atoms with van der Waals surface area (Å²) in [6.07, 6.45) is 0. The van der Waals surface area contributed by atoms with Crippen LogP contribution in [0.15, 0.2) is 84.9 Å². The highest BCUT2D eigenvalue weighted by Crippen LogP contribution is 2.43. The molecule has 0 spiro atoms. The Kier molecular flexibility index (Phi) is 4.79. The van der Waals surface area contributed by atoms with Gasteiger partial charge in [-0.1, -0.05) is 54.6 Å². The zero-order valence-electron chi connectivity index (χ0n) is 17.0. The smallest absolute Gasteiger partial charge is 0.0361 e. The molecule has 0 saturated heterocycles. The molecule has 2 aromatic carbocycles. The van der Waals surface area contributed by atoms with Crippen molar-refractivity contribution < 1.29 is 0 Å². The molecule has 0 saturated carbocycles. The number of fused-ring (bicyclic) bond motifs is 1. The highest BCUT2D eigenvalue weighted by Gasteiger charge is 2.17. The van der Waals surface area contributed by atoms with Gasteiger partial charge in [0, 0.05) is 39.6 Å². The Labute approximate surface area is 168 Å². The monoisotopic (exact) mass is 366 g/mol. The van der Waals surface area contributed by atoms with Crippen molar-refractivity contribution in [2.45, 2.75) is 0 Å². The Morgan fingerprint density at radius 1 is 0.429 bits per heavy atom. The van der Waals surface area contributed by atoms with Crippen LogP contribution in [0.5, 0.6) is 0 Å². The van der Waals surface area contributed by atoms with Gasteiger partial charge in [-0.15, -0.1) is 0 Å². The minimum absolute atomic E-state index is 1.21. The molecule has 2 nitrogen and oxygen atoms in total. The highest BCUT2D eigenvalue weighted by molar-refractivity contribution is 5.97. The standard InChI is InChI=1S/C26H26N2/c1-27(2)21-14-10-19(11-15-21)25-18-26(24-9-7-5-6-8-23(24)25)20-12-16-22(17-13-20)28(3)4/h5-18H,1-4H3. The van der Waals surface area contributed by atoms with Crippen LogP contribution in [0.1, 0.15) is 0 Å². The second kappa shape index (κ2) is 7.40. The van der Waals surface area contributed by atoms with Gasteiger partial charge in [-0.25, -0.2) is 0 Å². The second-order valence-corrected chi connectivity index (χ2v) is 7.59. The molecule has 2 aromatic rings. The van der Waals surface area contributed by atoms with Crippen molar-refractivity contribution in [3.63, 3.8) is 0 Å². The van der Waals surface area contributed by atoms with E-state index in [1.165, 1.54) is 44.8 Å². The van der Waals surface area contributed by atoms with Crippen LogP contribution in [0, 0.1) is 0 Å². The van der Waals surface area contributed by atoms with Crippen LogP contribution in [0.3, 0.4) is 0 Å². The molecule has 0 bridgehead atoms. The quantitative estimate of drug-likeness (QED) is 0.421. The number of nitrogens with zero attached hydrogens (tertiary/aromatic N) is 2. The van der Waals surface area contributed by atoms with Crippen LogP contribution >= 0.6 is 0 Å². The molecule has 0 aromatic heterocycles. The molecular weight excluding hydrogens is 340 g/mol. The zero-order valence-corrected chi connectivity index (χ0v) is 17.0. The van der Waals surface area contributed by atoms with Crippen LogP contribution in [-0.2, 0) is 0 Å². The topological polar surface area (TPSA) is 6.48 Å². The average molecular weight is 367 g/mol. The first-order valence-corrected chi connectivity index (χ1v) is 9.62. The van der Waals surface area contributed by atoms with Crippen molar-refractivity contribution >= 4 is 11.4 Å². The van der Waals surface area contributed by atoms with E-state index >= 15 is 0 Å². The first-order chi connectivity index (χ1) is 13.5. The van der Waals surface area contributed by atoms with Crippen molar-refractivity contribution in [3.05, 3.63) is 84.9 Å². The lowest BCUT2D eigenvalue weighted by Crippen LogP contribution is -2.07. The van der Waals surface area contributed by atoms with Crippen molar-refractivity contribution in [1.82, 2.24) is 0 Å². The molecule has 2 aliphatic rings. The summed E-state index contributed by atoms with van der Waals surface area (Å²) in [5.74, 6) is 0. The molecule has 0 atom stereocenters. The van der Waals surface area contributed by atoms with Crippen molar-refractivity contribution in [2.75, 3.05) is 38.0 Å². The van der Waals surface area contributed by atoms with E-state index in [0.717, 1.165) is 0 Å². The lowest BCUT2D eigenvalue weighted by molar-refractivity contribution is 1.13. The maximum Gasteiger partial charge on any atom is 0.0361 e. The van der Waals surface area contributed by atoms with E-state index in [2.05, 4.69) is 123 Å². The van der Waals surface area contributed by atoms with Gasteiger partial charge in [0.15, 0.2) is 0 Å². The third-order valence-electron chi connectivity index (χ3n) is 5.30. The van der Waals surface area contributed by atoms with Crippen molar-refractivity contribution in [1.29, 1.82) is 0 Å². The predicted molar refractivity (Wildman–Crippen MR) is 123 cm³/mol. The van der Waals surface area contributed by atoms with Gasteiger partial charge in [0.25, 0.3) is 0 Å². The Balaban J connectivity index is 1.85. The van der Waals surface area contributed by atoms with E-state index in [0.29, 0.717) is 0 Å². The van der Waals surface area contributed by atoms with Gasteiger partial charge < -0.3 is 9.80 Å². The van der Waals surface area contributed by atoms with E-state index < -0.39 is 0 Å². The van der Waals surface area contributed by atoms with Crippen LogP contribution in [0.4, 0.5) is 11.4 Å². The fourth-order valence-corrected chi connectivity index (χ4v) is 3.67. The Bertz CT molecular complexity index is 961. The normalized spacial score (nSPS) is 10.9. The van der Waals surface area contributed by atoms with Gasteiger partial charge in [0.1, 0.15) is 0 Å². The molecule has 0 fully saturated rings. The first kappa shape index (κ1) is 18.1. The highest BCUT2D eigenvalue weighted by atomic mass is 15.1. The average Bonchev–Trinajstić information content (AvgIpc) is 2.89. The van der Waals surface area contributed by atoms with Gasteiger partial charge >= 0.3 is 0 Å². The lowest BCUT2D eigenvalue weighted by Gasteiger charge is -2.12. The minimum atomic E-state index is 1.21. The number of rotatable bonds is 4. The van der Waals surface area contributed by atoms with E-state index in [1.54, 1.807) is 0 Å².